The summed E-state index contributed by atoms with van der Waals surface area (Å²) in [7, 11) is 0. The van der Waals surface area contributed by atoms with Crippen molar-refractivity contribution in [3.05, 3.63) is 83.4 Å². The van der Waals surface area contributed by atoms with Gasteiger partial charge in [0.05, 0.1) is 15.9 Å². The highest BCUT2D eigenvalue weighted by atomic mass is 35.5. The molecule has 0 saturated carbocycles. The molecule has 0 aliphatic rings. The zero-order valence-corrected chi connectivity index (χ0v) is 14.1. The van der Waals surface area contributed by atoms with Gasteiger partial charge >= 0.3 is 0 Å². The number of halogens is 3. The molecule has 0 bridgehead atoms. The Morgan fingerprint density at radius 3 is 2.38 bits per heavy atom. The number of hydrogen-bond donors (Lipinski definition) is 1. The zero-order valence-electron chi connectivity index (χ0n) is 13.4. The van der Waals surface area contributed by atoms with Gasteiger partial charge in [-0.25, -0.2) is 18.7 Å². The second-order valence-corrected chi connectivity index (χ2v) is 6.06. The van der Waals surface area contributed by atoms with Crippen LogP contribution in [0.4, 0.5) is 20.3 Å². The molecule has 1 N–H and O–H groups in total. The minimum atomic E-state index is -0.527. The number of benzene rings is 3. The maximum absolute atomic E-state index is 14.4. The third-order valence-electron chi connectivity index (χ3n) is 3.89. The molecule has 1 aromatic heterocycles. The van der Waals surface area contributed by atoms with E-state index in [2.05, 4.69) is 15.3 Å². The average Bonchev–Trinajstić information content (AvgIpc) is 2.65. The number of aromatic nitrogens is 2. The van der Waals surface area contributed by atoms with Crippen molar-refractivity contribution in [3.8, 4) is 11.4 Å². The van der Waals surface area contributed by atoms with Crippen LogP contribution in [0.3, 0.4) is 0 Å². The van der Waals surface area contributed by atoms with E-state index >= 15 is 0 Å². The van der Waals surface area contributed by atoms with E-state index in [0.717, 1.165) is 5.56 Å². The van der Waals surface area contributed by atoms with E-state index in [1.165, 1.54) is 24.3 Å². The predicted octanol–water partition coefficient (Wildman–Crippen LogP) is 5.97. The quantitative estimate of drug-likeness (QED) is 0.484. The van der Waals surface area contributed by atoms with Gasteiger partial charge in [-0.2, -0.15) is 0 Å². The molecule has 128 valence electrons. The minimum Gasteiger partial charge on any atom is -0.339 e. The summed E-state index contributed by atoms with van der Waals surface area (Å²) in [4.78, 5) is 8.94. The fourth-order valence-corrected chi connectivity index (χ4v) is 2.84. The molecule has 1 heterocycles. The first kappa shape index (κ1) is 16.4. The maximum atomic E-state index is 14.4. The van der Waals surface area contributed by atoms with Crippen LogP contribution in [0.15, 0.2) is 66.7 Å². The molecule has 26 heavy (non-hydrogen) atoms. The van der Waals surface area contributed by atoms with Gasteiger partial charge in [0.1, 0.15) is 17.5 Å². The molecule has 0 fully saturated rings. The van der Waals surface area contributed by atoms with Crippen LogP contribution in [0.25, 0.3) is 22.3 Å². The van der Waals surface area contributed by atoms with Crippen LogP contribution in [-0.2, 0) is 0 Å². The van der Waals surface area contributed by atoms with Gasteiger partial charge < -0.3 is 5.32 Å². The normalized spacial score (nSPS) is 10.9. The Hall–Kier alpha value is -3.05. The van der Waals surface area contributed by atoms with Crippen LogP contribution in [0.2, 0.25) is 5.02 Å². The first-order valence-electron chi connectivity index (χ1n) is 7.85. The van der Waals surface area contributed by atoms with E-state index in [1.807, 2.05) is 30.3 Å². The van der Waals surface area contributed by atoms with Gasteiger partial charge in [0.25, 0.3) is 0 Å². The molecule has 0 spiro atoms. The summed E-state index contributed by atoms with van der Waals surface area (Å²) >= 11 is 5.83. The second-order valence-electron chi connectivity index (χ2n) is 5.65. The Bertz CT molecular complexity index is 1100. The van der Waals surface area contributed by atoms with Crippen molar-refractivity contribution in [1.82, 2.24) is 9.97 Å². The van der Waals surface area contributed by atoms with Gasteiger partial charge in [-0.3, -0.25) is 0 Å². The lowest BCUT2D eigenvalue weighted by atomic mass is 10.1. The summed E-state index contributed by atoms with van der Waals surface area (Å²) in [6, 6.07) is 18.2. The van der Waals surface area contributed by atoms with Crippen molar-refractivity contribution < 1.29 is 8.78 Å². The molecule has 4 aromatic rings. The van der Waals surface area contributed by atoms with E-state index in [9.17, 15) is 8.78 Å². The average molecular weight is 368 g/mol. The highest BCUT2D eigenvalue weighted by molar-refractivity contribution is 6.31. The Labute approximate surface area is 153 Å². The highest BCUT2D eigenvalue weighted by Gasteiger charge is 2.14. The predicted molar refractivity (Wildman–Crippen MR) is 99.6 cm³/mol. The molecular weight excluding hydrogens is 356 g/mol. The zero-order chi connectivity index (χ0) is 18.1. The Morgan fingerprint density at radius 2 is 1.62 bits per heavy atom. The van der Waals surface area contributed by atoms with E-state index < -0.39 is 11.6 Å². The minimum absolute atomic E-state index is 0.0304. The van der Waals surface area contributed by atoms with Crippen molar-refractivity contribution in [1.29, 1.82) is 0 Å². The molecule has 0 atom stereocenters. The van der Waals surface area contributed by atoms with Crippen molar-refractivity contribution in [3.63, 3.8) is 0 Å². The molecule has 6 heteroatoms. The molecule has 0 amide bonds. The first-order chi connectivity index (χ1) is 12.6. The van der Waals surface area contributed by atoms with Crippen molar-refractivity contribution in [2.45, 2.75) is 0 Å². The highest BCUT2D eigenvalue weighted by Crippen LogP contribution is 2.30. The van der Waals surface area contributed by atoms with Gasteiger partial charge in [-0.05, 0) is 30.3 Å². The Balaban J connectivity index is 1.89. The lowest BCUT2D eigenvalue weighted by Crippen LogP contribution is -2.01. The number of hydrogen-bond acceptors (Lipinski definition) is 3. The van der Waals surface area contributed by atoms with E-state index in [-0.39, 0.29) is 16.2 Å². The van der Waals surface area contributed by atoms with Crippen LogP contribution >= 0.6 is 11.6 Å². The van der Waals surface area contributed by atoms with E-state index in [4.69, 9.17) is 11.6 Å². The topological polar surface area (TPSA) is 37.8 Å². The molecule has 3 nitrogen and oxygen atoms in total. The molecule has 0 aliphatic carbocycles. The largest absolute Gasteiger partial charge is 0.339 e. The van der Waals surface area contributed by atoms with Crippen LogP contribution in [0.1, 0.15) is 0 Å². The number of nitrogens with zero attached hydrogens (tertiary/aromatic N) is 2. The van der Waals surface area contributed by atoms with Gasteiger partial charge in [0.2, 0.25) is 0 Å². The van der Waals surface area contributed by atoms with Gasteiger partial charge in [0, 0.05) is 11.3 Å². The summed E-state index contributed by atoms with van der Waals surface area (Å²) in [5, 5.41) is 3.25. The third kappa shape index (κ3) is 3.09. The molecule has 4 rings (SSSR count). The van der Waals surface area contributed by atoms with Crippen molar-refractivity contribution in [2.24, 2.45) is 0 Å². The number of rotatable bonds is 3. The number of fused-ring (bicyclic) bond motifs is 1. The summed E-state index contributed by atoms with van der Waals surface area (Å²) in [6.07, 6.45) is 0. The van der Waals surface area contributed by atoms with Crippen LogP contribution in [0.5, 0.6) is 0 Å². The van der Waals surface area contributed by atoms with Crippen LogP contribution < -0.4 is 5.32 Å². The van der Waals surface area contributed by atoms with Gasteiger partial charge in [-0.15, -0.1) is 0 Å². The smallest absolute Gasteiger partial charge is 0.162 e. The summed E-state index contributed by atoms with van der Waals surface area (Å²) in [5.41, 5.74) is 1.77. The van der Waals surface area contributed by atoms with E-state index in [0.29, 0.717) is 17.0 Å². The summed E-state index contributed by atoms with van der Waals surface area (Å²) in [5.74, 6) is -0.229. The van der Waals surface area contributed by atoms with Crippen molar-refractivity contribution >= 4 is 34.0 Å². The lowest BCUT2D eigenvalue weighted by molar-refractivity contribution is 0.628. The van der Waals surface area contributed by atoms with Gasteiger partial charge in [-0.1, -0.05) is 48.0 Å². The molecular formula is C20H12ClF2N3. The summed E-state index contributed by atoms with van der Waals surface area (Å²) in [6.45, 7) is 0. The standard InChI is InChI=1S/C20H12ClF2N3/c21-14-11-13(9-10-15(14)22)24-20-18-16(23)7-4-8-17(18)25-19(26-20)12-5-2-1-3-6-12/h1-11H,(H,24,25,26). The molecule has 0 unspecified atom stereocenters. The summed E-state index contributed by atoms with van der Waals surface area (Å²) < 4.78 is 27.8. The molecule has 0 saturated heterocycles. The molecule has 0 radical (unpaired) electrons. The van der Waals surface area contributed by atoms with Crippen LogP contribution in [-0.4, -0.2) is 9.97 Å². The third-order valence-corrected chi connectivity index (χ3v) is 4.18. The number of anilines is 2. The van der Waals surface area contributed by atoms with Gasteiger partial charge in [0.15, 0.2) is 5.82 Å². The maximum Gasteiger partial charge on any atom is 0.162 e. The van der Waals surface area contributed by atoms with E-state index in [1.54, 1.807) is 12.1 Å². The van der Waals surface area contributed by atoms with Crippen molar-refractivity contribution in [2.75, 3.05) is 5.32 Å². The van der Waals surface area contributed by atoms with Crippen LogP contribution in [0, 0.1) is 11.6 Å². The Kier molecular flexibility index (Phi) is 4.22. The fraction of sp³-hybridized carbons (Fsp3) is 0. The fourth-order valence-electron chi connectivity index (χ4n) is 2.66. The SMILES string of the molecule is Fc1ccc(Nc2nc(-c3ccccc3)nc3cccc(F)c23)cc1Cl. The monoisotopic (exact) mass is 367 g/mol. The first-order valence-corrected chi connectivity index (χ1v) is 8.23. The lowest BCUT2D eigenvalue weighted by Gasteiger charge is -2.12. The second kappa shape index (κ2) is 6.69. The molecule has 3 aromatic carbocycles. The number of nitrogens with one attached hydrogen (secondary N) is 1. The Morgan fingerprint density at radius 1 is 0.808 bits per heavy atom. The molecule has 0 aliphatic heterocycles.